The van der Waals surface area contributed by atoms with Gasteiger partial charge in [-0.15, -0.1) is 0 Å². The molecule has 1 unspecified atom stereocenters. The minimum absolute atomic E-state index is 0.0980. The molecule has 0 radical (unpaired) electrons. The van der Waals surface area contributed by atoms with Crippen molar-refractivity contribution in [1.82, 2.24) is 5.32 Å². The Morgan fingerprint density at radius 3 is 2.95 bits per heavy atom. The van der Waals surface area contributed by atoms with Crippen LogP contribution in [0.2, 0.25) is 0 Å². The van der Waals surface area contributed by atoms with Crippen LogP contribution in [0.3, 0.4) is 0 Å². The zero-order valence-electron chi connectivity index (χ0n) is 11.5. The average Bonchev–Trinajstić information content (AvgIpc) is 2.89. The topological polar surface area (TPSA) is 64.4 Å². The van der Waals surface area contributed by atoms with E-state index < -0.39 is 0 Å². The fraction of sp³-hybridized carbons (Fsp3) is 0.118. The number of nitrogens with one attached hydrogen (secondary N) is 1. The lowest BCUT2D eigenvalue weighted by atomic mass is 10.1. The van der Waals surface area contributed by atoms with E-state index in [9.17, 15) is 4.79 Å². The molecule has 2 aromatic rings. The SMILES string of the molecule is Nc1cccc(/C=C/C(=O)NC2COc3ccccc32)c1. The number of hydrogen-bond acceptors (Lipinski definition) is 3. The lowest BCUT2D eigenvalue weighted by Crippen LogP contribution is -2.27. The number of fused-ring (bicyclic) bond motifs is 1. The first-order valence-corrected chi connectivity index (χ1v) is 6.78. The molecule has 3 rings (SSSR count). The second-order valence-electron chi connectivity index (χ2n) is 4.91. The smallest absolute Gasteiger partial charge is 0.244 e. The molecule has 0 aliphatic carbocycles. The van der Waals surface area contributed by atoms with Crippen LogP contribution in [0.1, 0.15) is 17.2 Å². The fourth-order valence-corrected chi connectivity index (χ4v) is 2.34. The van der Waals surface area contributed by atoms with Crippen molar-refractivity contribution in [2.45, 2.75) is 6.04 Å². The largest absolute Gasteiger partial charge is 0.491 e. The first kappa shape index (κ1) is 13.2. The van der Waals surface area contributed by atoms with E-state index in [1.54, 1.807) is 6.08 Å². The molecule has 4 nitrogen and oxygen atoms in total. The summed E-state index contributed by atoms with van der Waals surface area (Å²) in [6.45, 7) is 0.469. The maximum absolute atomic E-state index is 12.0. The van der Waals surface area contributed by atoms with Crippen molar-refractivity contribution in [3.8, 4) is 5.75 Å². The van der Waals surface area contributed by atoms with Crippen LogP contribution in [0.5, 0.6) is 5.75 Å². The predicted octanol–water partition coefficient (Wildman–Crippen LogP) is 2.53. The third-order valence-electron chi connectivity index (χ3n) is 3.35. The van der Waals surface area contributed by atoms with E-state index in [1.807, 2.05) is 48.5 Å². The van der Waals surface area contributed by atoms with Crippen LogP contribution in [-0.2, 0) is 4.79 Å². The molecule has 21 heavy (non-hydrogen) atoms. The highest BCUT2D eigenvalue weighted by atomic mass is 16.5. The molecule has 0 aromatic heterocycles. The molecule has 4 heteroatoms. The van der Waals surface area contributed by atoms with Gasteiger partial charge in [-0.25, -0.2) is 0 Å². The summed E-state index contributed by atoms with van der Waals surface area (Å²) >= 11 is 0. The molecule has 106 valence electrons. The molecule has 1 atom stereocenters. The summed E-state index contributed by atoms with van der Waals surface area (Å²) < 4.78 is 5.54. The van der Waals surface area contributed by atoms with Gasteiger partial charge in [0, 0.05) is 17.3 Å². The molecule has 3 N–H and O–H groups in total. The van der Waals surface area contributed by atoms with E-state index >= 15 is 0 Å². The van der Waals surface area contributed by atoms with Gasteiger partial charge >= 0.3 is 0 Å². The maximum Gasteiger partial charge on any atom is 0.244 e. The van der Waals surface area contributed by atoms with Crippen LogP contribution >= 0.6 is 0 Å². The van der Waals surface area contributed by atoms with Crippen molar-refractivity contribution in [1.29, 1.82) is 0 Å². The lowest BCUT2D eigenvalue weighted by molar-refractivity contribution is -0.117. The van der Waals surface area contributed by atoms with Crippen LogP contribution in [0.4, 0.5) is 5.69 Å². The molecule has 2 aromatic carbocycles. The van der Waals surface area contributed by atoms with Gasteiger partial charge in [-0.1, -0.05) is 30.3 Å². The van der Waals surface area contributed by atoms with Crippen molar-refractivity contribution in [2.24, 2.45) is 0 Å². The number of benzene rings is 2. The second kappa shape index (κ2) is 5.71. The third-order valence-corrected chi connectivity index (χ3v) is 3.35. The van der Waals surface area contributed by atoms with Crippen molar-refractivity contribution in [3.63, 3.8) is 0 Å². The summed E-state index contributed by atoms with van der Waals surface area (Å²) in [5.41, 5.74) is 8.29. The molecule has 1 aliphatic heterocycles. The number of carbonyl (C=O) groups excluding carboxylic acids is 1. The molecule has 0 spiro atoms. The van der Waals surface area contributed by atoms with E-state index in [0.29, 0.717) is 12.3 Å². The molecule has 0 fully saturated rings. The summed E-state index contributed by atoms with van der Waals surface area (Å²) in [6, 6.07) is 15.0. The van der Waals surface area contributed by atoms with Gasteiger partial charge in [-0.2, -0.15) is 0 Å². The highest BCUT2D eigenvalue weighted by Gasteiger charge is 2.24. The predicted molar refractivity (Wildman–Crippen MR) is 82.7 cm³/mol. The second-order valence-corrected chi connectivity index (χ2v) is 4.91. The Labute approximate surface area is 123 Å². The fourth-order valence-electron chi connectivity index (χ4n) is 2.34. The highest BCUT2D eigenvalue weighted by Crippen LogP contribution is 2.31. The van der Waals surface area contributed by atoms with Gasteiger partial charge in [0.25, 0.3) is 0 Å². The Bertz CT molecular complexity index is 695. The first-order chi connectivity index (χ1) is 10.2. The Hall–Kier alpha value is -2.75. The van der Waals surface area contributed by atoms with E-state index in [4.69, 9.17) is 10.5 Å². The van der Waals surface area contributed by atoms with Crippen LogP contribution in [0, 0.1) is 0 Å². The van der Waals surface area contributed by atoms with Gasteiger partial charge in [0.05, 0.1) is 6.04 Å². The van der Waals surface area contributed by atoms with Crippen molar-refractivity contribution in [3.05, 3.63) is 65.7 Å². The Kier molecular flexibility index (Phi) is 3.60. The molecule has 0 saturated heterocycles. The first-order valence-electron chi connectivity index (χ1n) is 6.78. The Morgan fingerprint density at radius 1 is 1.24 bits per heavy atom. The van der Waals surface area contributed by atoms with Gasteiger partial charge in [-0.3, -0.25) is 4.79 Å². The molecule has 0 bridgehead atoms. The van der Waals surface area contributed by atoms with Crippen LogP contribution in [0.15, 0.2) is 54.6 Å². The van der Waals surface area contributed by atoms with E-state index in [1.165, 1.54) is 6.08 Å². The summed E-state index contributed by atoms with van der Waals surface area (Å²) in [5, 5.41) is 2.94. The summed E-state index contributed by atoms with van der Waals surface area (Å²) in [6.07, 6.45) is 3.25. The number of nitrogens with two attached hydrogens (primary N) is 1. The number of rotatable bonds is 3. The van der Waals surface area contributed by atoms with Gasteiger partial charge in [0.2, 0.25) is 5.91 Å². The quantitative estimate of drug-likeness (QED) is 0.671. The summed E-state index contributed by atoms with van der Waals surface area (Å²) in [4.78, 5) is 12.0. The van der Waals surface area contributed by atoms with Gasteiger partial charge in [0.1, 0.15) is 12.4 Å². The molecular formula is C17H16N2O2. The lowest BCUT2D eigenvalue weighted by Gasteiger charge is -2.09. The molecule has 1 heterocycles. The van der Waals surface area contributed by atoms with Gasteiger partial charge in [-0.05, 0) is 29.8 Å². The Morgan fingerprint density at radius 2 is 2.10 bits per heavy atom. The molecule has 0 saturated carbocycles. The number of anilines is 1. The summed E-state index contributed by atoms with van der Waals surface area (Å²) in [7, 11) is 0. The monoisotopic (exact) mass is 280 g/mol. The zero-order chi connectivity index (χ0) is 14.7. The minimum atomic E-state index is -0.150. The molecule has 1 aliphatic rings. The molecule has 1 amide bonds. The zero-order valence-corrected chi connectivity index (χ0v) is 11.5. The average molecular weight is 280 g/mol. The standard InChI is InChI=1S/C17H16N2O2/c18-13-5-3-4-12(10-13)8-9-17(20)19-15-11-21-16-7-2-1-6-14(15)16/h1-10,15H,11,18H2,(H,19,20)/b9-8+. The minimum Gasteiger partial charge on any atom is -0.491 e. The van der Waals surface area contributed by atoms with Crippen molar-refractivity contribution < 1.29 is 9.53 Å². The third kappa shape index (κ3) is 3.05. The van der Waals surface area contributed by atoms with E-state index in [-0.39, 0.29) is 11.9 Å². The number of carbonyl (C=O) groups is 1. The number of ether oxygens (including phenoxy) is 1. The Balaban J connectivity index is 1.65. The van der Waals surface area contributed by atoms with Crippen molar-refractivity contribution in [2.75, 3.05) is 12.3 Å². The van der Waals surface area contributed by atoms with Gasteiger partial charge < -0.3 is 15.8 Å². The maximum atomic E-state index is 12.0. The highest BCUT2D eigenvalue weighted by molar-refractivity contribution is 5.92. The summed E-state index contributed by atoms with van der Waals surface area (Å²) in [5.74, 6) is 0.686. The number of para-hydroxylation sites is 1. The van der Waals surface area contributed by atoms with Crippen molar-refractivity contribution >= 4 is 17.7 Å². The van der Waals surface area contributed by atoms with E-state index in [0.717, 1.165) is 16.9 Å². The number of amides is 1. The van der Waals surface area contributed by atoms with Crippen LogP contribution < -0.4 is 15.8 Å². The normalized spacial score (nSPS) is 16.5. The van der Waals surface area contributed by atoms with Gasteiger partial charge in [0.15, 0.2) is 0 Å². The van der Waals surface area contributed by atoms with Crippen LogP contribution in [0.25, 0.3) is 6.08 Å². The number of hydrogen-bond donors (Lipinski definition) is 2. The molecular weight excluding hydrogens is 264 g/mol. The van der Waals surface area contributed by atoms with Crippen LogP contribution in [-0.4, -0.2) is 12.5 Å². The van der Waals surface area contributed by atoms with E-state index in [2.05, 4.69) is 5.32 Å². The number of nitrogen functional groups attached to an aromatic ring is 1.